The molecule has 0 aliphatic heterocycles. The second kappa shape index (κ2) is 6.72. The van der Waals surface area contributed by atoms with Crippen molar-refractivity contribution in [3.8, 4) is 5.75 Å². The summed E-state index contributed by atoms with van der Waals surface area (Å²) in [5.41, 5.74) is 0.989. The molecular weight excluding hydrogens is 278 g/mol. The molecule has 6 heteroatoms. The van der Waals surface area contributed by atoms with E-state index in [0.29, 0.717) is 29.0 Å². The third-order valence-corrected chi connectivity index (χ3v) is 3.05. The molecule has 1 aromatic carbocycles. The summed E-state index contributed by atoms with van der Waals surface area (Å²) in [7, 11) is 1.87. The van der Waals surface area contributed by atoms with Gasteiger partial charge in [0.05, 0.1) is 5.02 Å². The van der Waals surface area contributed by atoms with E-state index in [9.17, 15) is 0 Å². The molecule has 2 rings (SSSR count). The van der Waals surface area contributed by atoms with Crippen LogP contribution in [0.3, 0.4) is 0 Å². The second-order valence-electron chi connectivity index (χ2n) is 4.75. The maximum atomic E-state index is 6.17. The van der Waals surface area contributed by atoms with Gasteiger partial charge in [0.15, 0.2) is 12.4 Å². The van der Waals surface area contributed by atoms with Crippen LogP contribution in [0.1, 0.15) is 37.0 Å². The first-order valence-corrected chi connectivity index (χ1v) is 6.87. The first-order chi connectivity index (χ1) is 9.61. The van der Waals surface area contributed by atoms with Gasteiger partial charge < -0.3 is 14.6 Å². The molecule has 0 unspecified atom stereocenters. The summed E-state index contributed by atoms with van der Waals surface area (Å²) in [6, 6.07) is 5.65. The number of para-hydroxylation sites is 1. The Morgan fingerprint density at radius 2 is 2.20 bits per heavy atom. The zero-order valence-corrected chi connectivity index (χ0v) is 12.6. The Bertz CT molecular complexity index is 569. The van der Waals surface area contributed by atoms with E-state index >= 15 is 0 Å². The largest absolute Gasteiger partial charge is 0.482 e. The van der Waals surface area contributed by atoms with E-state index in [2.05, 4.69) is 15.5 Å². The minimum atomic E-state index is 0.208. The predicted molar refractivity (Wildman–Crippen MR) is 76.9 cm³/mol. The Balaban J connectivity index is 2.09. The number of hydrogen-bond donors (Lipinski definition) is 1. The quantitative estimate of drug-likeness (QED) is 0.887. The van der Waals surface area contributed by atoms with E-state index in [1.165, 1.54) is 0 Å². The van der Waals surface area contributed by atoms with Gasteiger partial charge in [-0.1, -0.05) is 42.7 Å². The van der Waals surface area contributed by atoms with Crippen molar-refractivity contribution < 1.29 is 9.26 Å². The zero-order valence-electron chi connectivity index (χ0n) is 11.8. The molecule has 1 N–H and O–H groups in total. The number of ether oxygens (including phenoxy) is 1. The normalized spacial score (nSPS) is 11.1. The highest BCUT2D eigenvalue weighted by Gasteiger charge is 2.13. The molecule has 0 aliphatic carbocycles. The molecule has 20 heavy (non-hydrogen) atoms. The summed E-state index contributed by atoms with van der Waals surface area (Å²) >= 11 is 6.17. The highest BCUT2D eigenvalue weighted by atomic mass is 35.5. The molecule has 0 amide bonds. The van der Waals surface area contributed by atoms with Gasteiger partial charge in [0.1, 0.15) is 5.75 Å². The Morgan fingerprint density at radius 3 is 2.85 bits per heavy atom. The minimum Gasteiger partial charge on any atom is -0.482 e. The lowest BCUT2D eigenvalue weighted by atomic mass is 10.2. The highest BCUT2D eigenvalue weighted by molar-refractivity contribution is 6.32. The molecular formula is C14H18ClN3O2. The van der Waals surface area contributed by atoms with Gasteiger partial charge in [-0.3, -0.25) is 0 Å². The molecule has 5 nitrogen and oxygen atoms in total. The maximum absolute atomic E-state index is 6.17. The summed E-state index contributed by atoms with van der Waals surface area (Å²) in [5, 5.41) is 7.55. The van der Waals surface area contributed by atoms with Gasteiger partial charge in [-0.2, -0.15) is 4.98 Å². The first-order valence-electron chi connectivity index (χ1n) is 6.49. The third kappa shape index (κ3) is 3.49. The average Bonchev–Trinajstić information content (AvgIpc) is 2.87. The highest BCUT2D eigenvalue weighted by Crippen LogP contribution is 2.29. The van der Waals surface area contributed by atoms with Crippen molar-refractivity contribution >= 4 is 11.6 Å². The van der Waals surface area contributed by atoms with E-state index in [-0.39, 0.29) is 12.5 Å². The lowest BCUT2D eigenvalue weighted by molar-refractivity contribution is 0.240. The van der Waals surface area contributed by atoms with E-state index in [0.717, 1.165) is 5.56 Å². The number of nitrogens with zero attached hydrogens (tertiary/aromatic N) is 2. The van der Waals surface area contributed by atoms with Crippen molar-refractivity contribution in [2.24, 2.45) is 0 Å². The zero-order chi connectivity index (χ0) is 14.5. The van der Waals surface area contributed by atoms with Crippen LogP contribution in [0.5, 0.6) is 5.75 Å². The monoisotopic (exact) mass is 295 g/mol. The molecule has 0 saturated carbocycles. The Hall–Kier alpha value is -1.59. The second-order valence-corrected chi connectivity index (χ2v) is 5.16. The topological polar surface area (TPSA) is 60.2 Å². The van der Waals surface area contributed by atoms with Crippen molar-refractivity contribution in [3.05, 3.63) is 40.5 Å². The number of nitrogens with one attached hydrogen (secondary N) is 1. The molecule has 0 radical (unpaired) electrons. The van der Waals surface area contributed by atoms with Gasteiger partial charge in [0, 0.05) is 18.0 Å². The summed E-state index contributed by atoms with van der Waals surface area (Å²) < 4.78 is 10.9. The fraction of sp³-hybridized carbons (Fsp3) is 0.429. The SMILES string of the molecule is CNCc1cccc(Cl)c1OCc1nc(C(C)C)no1. The molecule has 0 spiro atoms. The van der Waals surface area contributed by atoms with Crippen LogP contribution in [-0.2, 0) is 13.2 Å². The van der Waals surface area contributed by atoms with Gasteiger partial charge >= 0.3 is 0 Å². The van der Waals surface area contributed by atoms with E-state index in [4.69, 9.17) is 20.9 Å². The van der Waals surface area contributed by atoms with Crippen LogP contribution in [-0.4, -0.2) is 17.2 Å². The van der Waals surface area contributed by atoms with Crippen molar-refractivity contribution in [1.29, 1.82) is 0 Å². The summed E-state index contributed by atoms with van der Waals surface area (Å²) in [4.78, 5) is 4.27. The summed E-state index contributed by atoms with van der Waals surface area (Å²) in [6.07, 6.45) is 0. The van der Waals surface area contributed by atoms with Gasteiger partial charge in [0.25, 0.3) is 5.89 Å². The van der Waals surface area contributed by atoms with Crippen LogP contribution in [0.2, 0.25) is 5.02 Å². The number of hydrogen-bond acceptors (Lipinski definition) is 5. The fourth-order valence-electron chi connectivity index (χ4n) is 1.74. The van der Waals surface area contributed by atoms with Crippen LogP contribution in [0.25, 0.3) is 0 Å². The third-order valence-electron chi connectivity index (χ3n) is 2.76. The summed E-state index contributed by atoms with van der Waals surface area (Å²) in [5.74, 6) is 2.00. The van der Waals surface area contributed by atoms with Gasteiger partial charge in [-0.25, -0.2) is 0 Å². The molecule has 0 fully saturated rings. The molecule has 0 bridgehead atoms. The minimum absolute atomic E-state index is 0.208. The molecule has 108 valence electrons. The van der Waals surface area contributed by atoms with Crippen LogP contribution in [0.15, 0.2) is 22.7 Å². The summed E-state index contributed by atoms with van der Waals surface area (Å²) in [6.45, 7) is 4.90. The maximum Gasteiger partial charge on any atom is 0.264 e. The lowest BCUT2D eigenvalue weighted by Gasteiger charge is -2.11. The van der Waals surface area contributed by atoms with Crippen LogP contribution in [0, 0.1) is 0 Å². The Labute approximate surface area is 123 Å². The molecule has 0 atom stereocenters. The van der Waals surface area contributed by atoms with Crippen molar-refractivity contribution in [3.63, 3.8) is 0 Å². The van der Waals surface area contributed by atoms with Gasteiger partial charge in [-0.15, -0.1) is 0 Å². The molecule has 0 aliphatic rings. The average molecular weight is 296 g/mol. The number of benzene rings is 1. The van der Waals surface area contributed by atoms with Crippen molar-refractivity contribution in [2.75, 3.05) is 7.05 Å². The van der Waals surface area contributed by atoms with E-state index < -0.39 is 0 Å². The van der Waals surface area contributed by atoms with Gasteiger partial charge in [-0.05, 0) is 13.1 Å². The van der Waals surface area contributed by atoms with Crippen molar-refractivity contribution in [2.45, 2.75) is 32.9 Å². The lowest BCUT2D eigenvalue weighted by Crippen LogP contribution is -2.08. The van der Waals surface area contributed by atoms with Crippen molar-refractivity contribution in [1.82, 2.24) is 15.5 Å². The first kappa shape index (κ1) is 14.8. The standard InChI is InChI=1S/C14H18ClN3O2/c1-9(2)14-17-12(20-18-14)8-19-13-10(7-16-3)5-4-6-11(13)15/h4-6,9,16H,7-8H2,1-3H3. The molecule has 1 aromatic heterocycles. The van der Waals surface area contributed by atoms with E-state index in [1.54, 1.807) is 6.07 Å². The molecule has 2 aromatic rings. The van der Waals surface area contributed by atoms with Gasteiger partial charge in [0.2, 0.25) is 0 Å². The van der Waals surface area contributed by atoms with Crippen LogP contribution < -0.4 is 10.1 Å². The van der Waals surface area contributed by atoms with Crippen LogP contribution in [0.4, 0.5) is 0 Å². The molecule has 1 heterocycles. The molecule has 0 saturated heterocycles. The number of halogens is 1. The number of aromatic nitrogens is 2. The Morgan fingerprint density at radius 1 is 1.40 bits per heavy atom. The van der Waals surface area contributed by atoms with E-state index in [1.807, 2.05) is 33.0 Å². The Kier molecular flexibility index (Phi) is 4.98. The fourth-order valence-corrected chi connectivity index (χ4v) is 1.99. The predicted octanol–water partition coefficient (Wildman–Crippen LogP) is 3.14. The smallest absolute Gasteiger partial charge is 0.264 e. The number of rotatable bonds is 6. The van der Waals surface area contributed by atoms with Crippen LogP contribution >= 0.6 is 11.6 Å².